The quantitative estimate of drug-likeness (QED) is 0.875. The van der Waals surface area contributed by atoms with Crippen LogP contribution in [0.1, 0.15) is 5.56 Å². The van der Waals surface area contributed by atoms with E-state index in [0.717, 1.165) is 11.3 Å². The van der Waals surface area contributed by atoms with Crippen LogP contribution >= 0.6 is 0 Å². The molecular weight excluding hydrogens is 290 g/mol. The van der Waals surface area contributed by atoms with Crippen molar-refractivity contribution in [1.29, 1.82) is 0 Å². The molecular formula is C14H15N3O5. The third-order valence-corrected chi connectivity index (χ3v) is 3.71. The average molecular weight is 305 g/mol. The summed E-state index contributed by atoms with van der Waals surface area (Å²) in [4.78, 5) is 37.7. The summed E-state index contributed by atoms with van der Waals surface area (Å²) in [5.74, 6) is -0.345. The summed E-state index contributed by atoms with van der Waals surface area (Å²) >= 11 is 0. The summed E-state index contributed by atoms with van der Waals surface area (Å²) in [6.07, 6.45) is -1.82. The van der Waals surface area contributed by atoms with Crippen LogP contribution in [-0.4, -0.2) is 44.8 Å². The lowest BCUT2D eigenvalue weighted by atomic mass is 10.1. The van der Waals surface area contributed by atoms with E-state index in [0.29, 0.717) is 5.69 Å². The number of fused-ring (bicyclic) bond motifs is 1. The van der Waals surface area contributed by atoms with E-state index in [2.05, 4.69) is 5.32 Å². The number of cyclic esters (lactones) is 2. The Labute approximate surface area is 126 Å². The van der Waals surface area contributed by atoms with E-state index in [-0.39, 0.29) is 19.1 Å². The van der Waals surface area contributed by atoms with Crippen molar-refractivity contribution in [3.63, 3.8) is 0 Å². The number of rotatable bonds is 2. The molecule has 2 aliphatic heterocycles. The molecule has 1 atom stereocenters. The van der Waals surface area contributed by atoms with Crippen molar-refractivity contribution in [3.05, 3.63) is 23.8 Å². The van der Waals surface area contributed by atoms with Gasteiger partial charge in [0, 0.05) is 25.3 Å². The minimum Gasteiger partial charge on any atom is -0.444 e. The molecule has 8 nitrogen and oxygen atoms in total. The molecule has 0 bridgehead atoms. The minimum atomic E-state index is -0.825. The second-order valence-electron chi connectivity index (χ2n) is 5.02. The van der Waals surface area contributed by atoms with Crippen molar-refractivity contribution < 1.29 is 23.9 Å². The zero-order valence-electron chi connectivity index (χ0n) is 12.2. The van der Waals surface area contributed by atoms with Gasteiger partial charge in [0.2, 0.25) is 0 Å². The average Bonchev–Trinajstić information content (AvgIpc) is 2.92. The summed E-state index contributed by atoms with van der Waals surface area (Å²) in [6.45, 7) is 0.293. The Morgan fingerprint density at radius 1 is 1.32 bits per heavy atom. The van der Waals surface area contributed by atoms with Crippen LogP contribution in [0.4, 0.5) is 21.0 Å². The Kier molecular flexibility index (Phi) is 3.36. The van der Waals surface area contributed by atoms with Crippen molar-refractivity contribution in [1.82, 2.24) is 5.32 Å². The van der Waals surface area contributed by atoms with E-state index >= 15 is 0 Å². The highest BCUT2D eigenvalue weighted by Gasteiger charge is 2.37. The number of nitrogens with zero attached hydrogens (tertiary/aromatic N) is 2. The molecule has 0 aliphatic carbocycles. The Bertz CT molecular complexity index is 660. The van der Waals surface area contributed by atoms with Crippen LogP contribution in [0.3, 0.4) is 0 Å². The molecule has 1 aromatic carbocycles. The van der Waals surface area contributed by atoms with Crippen LogP contribution in [0.15, 0.2) is 18.2 Å². The van der Waals surface area contributed by atoms with Crippen LogP contribution in [0.5, 0.6) is 0 Å². The van der Waals surface area contributed by atoms with Gasteiger partial charge in [-0.3, -0.25) is 14.6 Å². The number of ether oxygens (including phenoxy) is 2. The second-order valence-corrected chi connectivity index (χ2v) is 5.02. The maximum absolute atomic E-state index is 11.9. The molecule has 8 heteroatoms. The molecule has 1 fully saturated rings. The van der Waals surface area contributed by atoms with Crippen LogP contribution in [-0.2, 0) is 20.9 Å². The molecule has 2 heterocycles. The summed E-state index contributed by atoms with van der Waals surface area (Å²) in [6, 6.07) is 5.21. The molecule has 3 rings (SSSR count). The largest absolute Gasteiger partial charge is 0.444 e. The maximum Gasteiger partial charge on any atom is 0.415 e. The topological polar surface area (TPSA) is 88.2 Å². The Balaban J connectivity index is 1.86. The van der Waals surface area contributed by atoms with Gasteiger partial charge in [0.1, 0.15) is 6.61 Å². The Morgan fingerprint density at radius 3 is 2.82 bits per heavy atom. The lowest BCUT2D eigenvalue weighted by Gasteiger charge is -2.26. The summed E-state index contributed by atoms with van der Waals surface area (Å²) < 4.78 is 10.1. The molecule has 1 saturated heterocycles. The molecule has 0 aromatic heterocycles. The number of hydrogen-bond acceptors (Lipinski definition) is 5. The highest BCUT2D eigenvalue weighted by atomic mass is 16.6. The molecule has 3 amide bonds. The number of carbonyl (C=O) groups is 3. The standard InChI is InChI=1S/C14H15N3O5/c1-15-12(18)11-6-17(14(20)22-11)9-3-4-10-8(5-9)7-21-13(19)16(10)2/h3-5,11H,6-7H2,1-2H3,(H,15,18). The Morgan fingerprint density at radius 2 is 2.09 bits per heavy atom. The molecule has 0 spiro atoms. The molecule has 22 heavy (non-hydrogen) atoms. The van der Waals surface area contributed by atoms with Crippen molar-refractivity contribution in [2.75, 3.05) is 30.4 Å². The first kappa shape index (κ1) is 14.2. The van der Waals surface area contributed by atoms with Gasteiger partial charge in [-0.05, 0) is 18.2 Å². The fraction of sp³-hybridized carbons (Fsp3) is 0.357. The van der Waals surface area contributed by atoms with E-state index in [9.17, 15) is 14.4 Å². The van der Waals surface area contributed by atoms with Gasteiger partial charge < -0.3 is 14.8 Å². The van der Waals surface area contributed by atoms with Crippen molar-refractivity contribution in [2.24, 2.45) is 0 Å². The predicted molar refractivity (Wildman–Crippen MR) is 76.7 cm³/mol. The number of amides is 3. The molecule has 0 saturated carbocycles. The molecule has 1 aromatic rings. The third kappa shape index (κ3) is 2.22. The number of benzene rings is 1. The fourth-order valence-corrected chi connectivity index (χ4v) is 2.49. The first-order valence-electron chi connectivity index (χ1n) is 6.74. The normalized spacial score (nSPS) is 20.4. The van der Waals surface area contributed by atoms with E-state index in [1.807, 2.05) is 0 Å². The number of anilines is 2. The summed E-state index contributed by atoms with van der Waals surface area (Å²) in [5.41, 5.74) is 2.12. The van der Waals surface area contributed by atoms with Crippen LogP contribution in [0.25, 0.3) is 0 Å². The minimum absolute atomic E-state index is 0.146. The van der Waals surface area contributed by atoms with Gasteiger partial charge in [0.15, 0.2) is 6.10 Å². The fourth-order valence-electron chi connectivity index (χ4n) is 2.49. The molecule has 1 unspecified atom stereocenters. The van der Waals surface area contributed by atoms with Crippen molar-refractivity contribution in [2.45, 2.75) is 12.7 Å². The number of hydrogen-bond donors (Lipinski definition) is 1. The van der Waals surface area contributed by atoms with Gasteiger partial charge in [-0.1, -0.05) is 0 Å². The van der Waals surface area contributed by atoms with Crippen molar-refractivity contribution >= 4 is 29.5 Å². The van der Waals surface area contributed by atoms with Gasteiger partial charge in [-0.2, -0.15) is 0 Å². The van der Waals surface area contributed by atoms with E-state index in [1.165, 1.54) is 16.8 Å². The number of carbonyl (C=O) groups excluding carboxylic acids is 3. The van der Waals surface area contributed by atoms with Gasteiger partial charge in [-0.15, -0.1) is 0 Å². The zero-order chi connectivity index (χ0) is 15.9. The van der Waals surface area contributed by atoms with Crippen LogP contribution in [0, 0.1) is 0 Å². The smallest absolute Gasteiger partial charge is 0.415 e. The number of likely N-dealkylation sites (N-methyl/N-ethyl adjacent to an activating group) is 1. The van der Waals surface area contributed by atoms with E-state index in [1.54, 1.807) is 25.2 Å². The summed E-state index contributed by atoms with van der Waals surface area (Å²) in [5, 5.41) is 2.45. The SMILES string of the molecule is CNC(=O)C1CN(c2ccc3c(c2)COC(=O)N3C)C(=O)O1. The van der Waals surface area contributed by atoms with Gasteiger partial charge in [0.05, 0.1) is 12.2 Å². The third-order valence-electron chi connectivity index (χ3n) is 3.71. The maximum atomic E-state index is 11.9. The number of nitrogens with one attached hydrogen (secondary N) is 1. The molecule has 116 valence electrons. The molecule has 2 aliphatic rings. The van der Waals surface area contributed by atoms with Crippen LogP contribution in [0.2, 0.25) is 0 Å². The van der Waals surface area contributed by atoms with E-state index in [4.69, 9.17) is 9.47 Å². The molecule has 0 radical (unpaired) electrons. The second kappa shape index (κ2) is 5.21. The highest BCUT2D eigenvalue weighted by molar-refractivity contribution is 5.96. The first-order chi connectivity index (χ1) is 10.5. The first-order valence-corrected chi connectivity index (χ1v) is 6.74. The summed E-state index contributed by atoms with van der Waals surface area (Å²) in [7, 11) is 3.10. The monoisotopic (exact) mass is 305 g/mol. The molecule has 1 N–H and O–H groups in total. The van der Waals surface area contributed by atoms with Gasteiger partial charge in [-0.25, -0.2) is 9.59 Å². The lowest BCUT2D eigenvalue weighted by Crippen LogP contribution is -2.35. The zero-order valence-corrected chi connectivity index (χ0v) is 12.2. The van der Waals surface area contributed by atoms with Gasteiger partial charge >= 0.3 is 12.2 Å². The lowest BCUT2D eigenvalue weighted by molar-refractivity contribution is -0.127. The predicted octanol–water partition coefficient (Wildman–Crippen LogP) is 0.844. The highest BCUT2D eigenvalue weighted by Crippen LogP contribution is 2.31. The van der Waals surface area contributed by atoms with Gasteiger partial charge in [0.25, 0.3) is 5.91 Å². The Hall–Kier alpha value is -2.77. The van der Waals surface area contributed by atoms with Crippen LogP contribution < -0.4 is 15.1 Å². The van der Waals surface area contributed by atoms with Crippen molar-refractivity contribution in [3.8, 4) is 0 Å². The van der Waals surface area contributed by atoms with E-state index < -0.39 is 18.3 Å².